The van der Waals surface area contributed by atoms with Crippen molar-refractivity contribution in [1.29, 1.82) is 0 Å². The Bertz CT molecular complexity index is 880. The highest BCUT2D eigenvalue weighted by molar-refractivity contribution is 5.43. The molecule has 0 fully saturated rings. The smallest absolute Gasteiger partial charge is 0.161 e. The molecule has 0 radical (unpaired) electrons. The maximum absolute atomic E-state index is 10.2. The highest BCUT2D eigenvalue weighted by Gasteiger charge is 2.09. The summed E-state index contributed by atoms with van der Waals surface area (Å²) in [6, 6.07) is 23.8. The molecule has 1 unspecified atom stereocenters. The Morgan fingerprint density at radius 1 is 0.893 bits per heavy atom. The lowest BCUT2D eigenvalue weighted by Gasteiger charge is -2.14. The van der Waals surface area contributed by atoms with Gasteiger partial charge in [0.2, 0.25) is 0 Å². The van der Waals surface area contributed by atoms with Crippen molar-refractivity contribution < 1.29 is 14.6 Å². The van der Waals surface area contributed by atoms with E-state index >= 15 is 0 Å². The van der Waals surface area contributed by atoms with Crippen molar-refractivity contribution in [1.82, 2.24) is 5.32 Å². The van der Waals surface area contributed by atoms with Crippen molar-refractivity contribution in [3.63, 3.8) is 0 Å². The first kappa shape index (κ1) is 19.9. The first-order chi connectivity index (χ1) is 13.7. The standard InChI is InChI=1S/C24H27NO3/c1-18-7-6-8-20(13-18)17-28-23-12-11-19(14-24(23)27-2)15-25-16-22(26)21-9-4-3-5-10-21/h3-14,22,25-26H,15-17H2,1-2H3. The number of benzene rings is 3. The van der Waals surface area contributed by atoms with Gasteiger partial charge in [-0.2, -0.15) is 0 Å². The van der Waals surface area contributed by atoms with Gasteiger partial charge in [-0.3, -0.25) is 0 Å². The molecular weight excluding hydrogens is 350 g/mol. The van der Waals surface area contributed by atoms with Crippen LogP contribution in [0, 0.1) is 6.92 Å². The molecule has 3 rings (SSSR count). The molecule has 4 nitrogen and oxygen atoms in total. The molecule has 0 heterocycles. The van der Waals surface area contributed by atoms with Crippen LogP contribution < -0.4 is 14.8 Å². The van der Waals surface area contributed by atoms with Crippen molar-refractivity contribution >= 4 is 0 Å². The van der Waals surface area contributed by atoms with Crippen LogP contribution >= 0.6 is 0 Å². The molecular formula is C24H27NO3. The molecule has 28 heavy (non-hydrogen) atoms. The Kier molecular flexibility index (Phi) is 7.06. The third-order valence-electron chi connectivity index (χ3n) is 4.56. The Morgan fingerprint density at radius 2 is 1.71 bits per heavy atom. The van der Waals surface area contributed by atoms with E-state index in [2.05, 4.69) is 30.4 Å². The number of methoxy groups -OCH3 is 1. The average molecular weight is 377 g/mol. The van der Waals surface area contributed by atoms with E-state index in [1.807, 2.05) is 54.6 Å². The monoisotopic (exact) mass is 377 g/mol. The number of rotatable bonds is 9. The van der Waals surface area contributed by atoms with E-state index in [0.717, 1.165) is 22.4 Å². The van der Waals surface area contributed by atoms with Gasteiger partial charge in [-0.15, -0.1) is 0 Å². The van der Waals surface area contributed by atoms with E-state index < -0.39 is 6.10 Å². The summed E-state index contributed by atoms with van der Waals surface area (Å²) in [6.07, 6.45) is -0.528. The van der Waals surface area contributed by atoms with Crippen LogP contribution in [0.1, 0.15) is 28.4 Å². The molecule has 0 amide bonds. The van der Waals surface area contributed by atoms with Crippen molar-refractivity contribution in [2.75, 3.05) is 13.7 Å². The number of nitrogens with one attached hydrogen (secondary N) is 1. The SMILES string of the molecule is COc1cc(CNCC(O)c2ccccc2)ccc1OCc1cccc(C)c1. The second-order valence-electron chi connectivity index (χ2n) is 6.82. The molecule has 0 aromatic heterocycles. The van der Waals surface area contributed by atoms with Gasteiger partial charge >= 0.3 is 0 Å². The molecule has 0 aliphatic rings. The number of hydrogen-bond acceptors (Lipinski definition) is 4. The lowest BCUT2D eigenvalue weighted by molar-refractivity contribution is 0.174. The van der Waals surface area contributed by atoms with E-state index in [4.69, 9.17) is 9.47 Å². The van der Waals surface area contributed by atoms with Gasteiger partial charge in [-0.05, 0) is 35.7 Å². The van der Waals surface area contributed by atoms with Gasteiger partial charge in [0, 0.05) is 13.1 Å². The lowest BCUT2D eigenvalue weighted by atomic mass is 10.1. The largest absolute Gasteiger partial charge is 0.493 e. The molecule has 1 atom stereocenters. The fraction of sp³-hybridized carbons (Fsp3) is 0.250. The maximum atomic E-state index is 10.2. The summed E-state index contributed by atoms with van der Waals surface area (Å²) in [4.78, 5) is 0. The summed E-state index contributed by atoms with van der Waals surface area (Å²) in [7, 11) is 1.64. The highest BCUT2D eigenvalue weighted by Crippen LogP contribution is 2.29. The topological polar surface area (TPSA) is 50.7 Å². The van der Waals surface area contributed by atoms with E-state index in [9.17, 15) is 5.11 Å². The van der Waals surface area contributed by atoms with Crippen LogP contribution in [0.3, 0.4) is 0 Å². The van der Waals surface area contributed by atoms with Crippen LogP contribution in [0.5, 0.6) is 11.5 Å². The second-order valence-corrected chi connectivity index (χ2v) is 6.82. The molecule has 3 aromatic rings. The molecule has 3 aromatic carbocycles. The van der Waals surface area contributed by atoms with E-state index in [-0.39, 0.29) is 0 Å². The van der Waals surface area contributed by atoms with Crippen LogP contribution in [0.15, 0.2) is 72.8 Å². The minimum Gasteiger partial charge on any atom is -0.493 e. The minimum atomic E-state index is -0.528. The normalized spacial score (nSPS) is 11.8. The molecule has 0 bridgehead atoms. The zero-order chi connectivity index (χ0) is 19.8. The molecule has 146 valence electrons. The summed E-state index contributed by atoms with van der Waals surface area (Å²) in [5, 5.41) is 13.5. The fourth-order valence-electron chi connectivity index (χ4n) is 3.05. The van der Waals surface area contributed by atoms with Gasteiger partial charge in [-0.1, -0.05) is 66.2 Å². The molecule has 0 saturated carbocycles. The van der Waals surface area contributed by atoms with Gasteiger partial charge in [-0.25, -0.2) is 0 Å². The molecule has 0 aliphatic carbocycles. The zero-order valence-electron chi connectivity index (χ0n) is 16.4. The van der Waals surface area contributed by atoms with Crippen molar-refractivity contribution in [3.8, 4) is 11.5 Å². The van der Waals surface area contributed by atoms with Crippen LogP contribution in [-0.4, -0.2) is 18.8 Å². The van der Waals surface area contributed by atoms with Crippen molar-refractivity contribution in [2.45, 2.75) is 26.2 Å². The number of aliphatic hydroxyl groups is 1. The fourth-order valence-corrected chi connectivity index (χ4v) is 3.05. The van der Waals surface area contributed by atoms with E-state index in [1.165, 1.54) is 5.56 Å². The molecule has 0 saturated heterocycles. The zero-order valence-corrected chi connectivity index (χ0v) is 16.4. The number of aryl methyl sites for hydroxylation is 1. The first-order valence-electron chi connectivity index (χ1n) is 9.44. The Hall–Kier alpha value is -2.82. The van der Waals surface area contributed by atoms with E-state index in [1.54, 1.807) is 7.11 Å². The summed E-state index contributed by atoms with van der Waals surface area (Å²) < 4.78 is 11.4. The van der Waals surface area contributed by atoms with Crippen LogP contribution in [0.25, 0.3) is 0 Å². The summed E-state index contributed by atoms with van der Waals surface area (Å²) in [5.74, 6) is 1.42. The van der Waals surface area contributed by atoms with Crippen LogP contribution in [0.4, 0.5) is 0 Å². The van der Waals surface area contributed by atoms with Gasteiger partial charge in [0.15, 0.2) is 11.5 Å². The number of hydrogen-bond donors (Lipinski definition) is 2. The Labute approximate surface area is 166 Å². The molecule has 0 aliphatic heterocycles. The quantitative estimate of drug-likeness (QED) is 0.580. The Balaban J connectivity index is 1.55. The Morgan fingerprint density at radius 3 is 2.46 bits per heavy atom. The molecule has 4 heteroatoms. The van der Waals surface area contributed by atoms with Crippen LogP contribution in [-0.2, 0) is 13.2 Å². The third kappa shape index (κ3) is 5.59. The highest BCUT2D eigenvalue weighted by atomic mass is 16.5. The minimum absolute atomic E-state index is 0.484. The van der Waals surface area contributed by atoms with Gasteiger partial charge < -0.3 is 19.9 Å². The summed E-state index contributed by atoms with van der Waals surface area (Å²) in [5.41, 5.74) is 4.32. The second kappa shape index (κ2) is 9.93. The predicted octanol–water partition coefficient (Wildman–Crippen LogP) is 4.41. The van der Waals surface area contributed by atoms with Crippen molar-refractivity contribution in [2.24, 2.45) is 0 Å². The van der Waals surface area contributed by atoms with Gasteiger partial charge in [0.1, 0.15) is 6.61 Å². The molecule has 0 spiro atoms. The third-order valence-corrected chi connectivity index (χ3v) is 4.56. The van der Waals surface area contributed by atoms with Gasteiger partial charge in [0.05, 0.1) is 13.2 Å². The number of ether oxygens (including phenoxy) is 2. The average Bonchev–Trinajstić information content (AvgIpc) is 2.73. The van der Waals surface area contributed by atoms with E-state index in [0.29, 0.717) is 25.4 Å². The van der Waals surface area contributed by atoms with Crippen LogP contribution in [0.2, 0.25) is 0 Å². The summed E-state index contributed by atoms with van der Waals surface area (Å²) in [6.45, 7) is 3.69. The lowest BCUT2D eigenvalue weighted by Crippen LogP contribution is -2.21. The summed E-state index contributed by atoms with van der Waals surface area (Å²) >= 11 is 0. The first-order valence-corrected chi connectivity index (χ1v) is 9.44. The molecule has 2 N–H and O–H groups in total. The van der Waals surface area contributed by atoms with Crippen molar-refractivity contribution in [3.05, 3.63) is 95.1 Å². The maximum Gasteiger partial charge on any atom is 0.161 e. The van der Waals surface area contributed by atoms with Gasteiger partial charge in [0.25, 0.3) is 0 Å². The number of aliphatic hydroxyl groups excluding tert-OH is 1. The predicted molar refractivity (Wildman–Crippen MR) is 112 cm³/mol.